The number of pyridine rings is 1. The van der Waals surface area contributed by atoms with Crippen LogP contribution in [-0.4, -0.2) is 18.5 Å². The molecule has 7 heteroatoms. The average molecular weight is 298 g/mol. The molecule has 1 aromatic carbocycles. The summed E-state index contributed by atoms with van der Waals surface area (Å²) in [6, 6.07) is 9.20. The molecule has 0 aliphatic heterocycles. The first-order valence-corrected chi connectivity index (χ1v) is 6.05. The molecule has 0 amide bonds. The standard InChI is InChI=1S/C14H13F3N2O2/c1-20-13-10(4-3-7-18-13)9-19-11-5-2-6-12(8-11)21-14(15,16)17/h2-8,19H,9H2,1H3. The number of ether oxygens (including phenoxy) is 2. The van der Waals surface area contributed by atoms with Crippen molar-refractivity contribution >= 4 is 5.69 Å². The molecule has 4 nitrogen and oxygen atoms in total. The van der Waals surface area contributed by atoms with Gasteiger partial charge in [-0.2, -0.15) is 0 Å². The Hall–Kier alpha value is -2.44. The number of alkyl halides is 3. The molecule has 0 aliphatic rings. The first kappa shape index (κ1) is 15.0. The highest BCUT2D eigenvalue weighted by molar-refractivity contribution is 5.49. The third-order valence-corrected chi connectivity index (χ3v) is 2.59. The van der Waals surface area contributed by atoms with Crippen LogP contribution >= 0.6 is 0 Å². The fourth-order valence-electron chi connectivity index (χ4n) is 1.74. The van der Waals surface area contributed by atoms with Gasteiger partial charge in [0.1, 0.15) is 5.75 Å². The third kappa shape index (κ3) is 4.55. The number of methoxy groups -OCH3 is 1. The number of nitrogens with zero attached hydrogens (tertiary/aromatic N) is 1. The van der Waals surface area contributed by atoms with Gasteiger partial charge in [0.15, 0.2) is 0 Å². The number of rotatable bonds is 5. The van der Waals surface area contributed by atoms with E-state index in [0.29, 0.717) is 18.1 Å². The highest BCUT2D eigenvalue weighted by atomic mass is 19.4. The number of hydrogen-bond donors (Lipinski definition) is 1. The first-order valence-electron chi connectivity index (χ1n) is 6.05. The number of anilines is 1. The maximum Gasteiger partial charge on any atom is 0.573 e. The SMILES string of the molecule is COc1ncccc1CNc1cccc(OC(F)(F)F)c1. The average Bonchev–Trinajstić information content (AvgIpc) is 2.44. The van der Waals surface area contributed by atoms with Crippen LogP contribution in [0.4, 0.5) is 18.9 Å². The predicted octanol–water partition coefficient (Wildman–Crippen LogP) is 3.60. The first-order chi connectivity index (χ1) is 9.98. The minimum Gasteiger partial charge on any atom is -0.481 e. The van der Waals surface area contributed by atoms with Crippen molar-refractivity contribution in [2.75, 3.05) is 12.4 Å². The van der Waals surface area contributed by atoms with E-state index in [2.05, 4.69) is 15.0 Å². The molecule has 21 heavy (non-hydrogen) atoms. The number of benzene rings is 1. The van der Waals surface area contributed by atoms with Crippen molar-refractivity contribution in [2.45, 2.75) is 12.9 Å². The van der Waals surface area contributed by atoms with Gasteiger partial charge < -0.3 is 14.8 Å². The van der Waals surface area contributed by atoms with Gasteiger partial charge in [-0.05, 0) is 18.2 Å². The van der Waals surface area contributed by atoms with Gasteiger partial charge in [-0.25, -0.2) is 4.98 Å². The second kappa shape index (κ2) is 6.34. The normalized spacial score (nSPS) is 11.0. The topological polar surface area (TPSA) is 43.4 Å². The van der Waals surface area contributed by atoms with E-state index in [1.807, 2.05) is 6.07 Å². The molecule has 112 valence electrons. The third-order valence-electron chi connectivity index (χ3n) is 2.59. The number of nitrogens with one attached hydrogen (secondary N) is 1. The molecule has 0 fully saturated rings. The van der Waals surface area contributed by atoms with Gasteiger partial charge in [0.05, 0.1) is 7.11 Å². The fraction of sp³-hybridized carbons (Fsp3) is 0.214. The van der Waals surface area contributed by atoms with Gasteiger partial charge >= 0.3 is 6.36 Å². The molecule has 1 aromatic heterocycles. The maximum absolute atomic E-state index is 12.2. The van der Waals surface area contributed by atoms with E-state index in [9.17, 15) is 13.2 Å². The van der Waals surface area contributed by atoms with E-state index >= 15 is 0 Å². The summed E-state index contributed by atoms with van der Waals surface area (Å²) in [5.74, 6) is 0.193. The molecule has 0 saturated heterocycles. The summed E-state index contributed by atoms with van der Waals surface area (Å²) in [6.45, 7) is 0.368. The number of halogens is 3. The second-order valence-electron chi connectivity index (χ2n) is 4.10. The molecule has 0 bridgehead atoms. The number of hydrogen-bond acceptors (Lipinski definition) is 4. The quantitative estimate of drug-likeness (QED) is 0.916. The van der Waals surface area contributed by atoms with Crippen molar-refractivity contribution in [1.29, 1.82) is 0 Å². The lowest BCUT2D eigenvalue weighted by atomic mass is 10.2. The molecule has 0 atom stereocenters. The smallest absolute Gasteiger partial charge is 0.481 e. The monoisotopic (exact) mass is 298 g/mol. The Morgan fingerprint density at radius 3 is 2.71 bits per heavy atom. The molecular weight excluding hydrogens is 285 g/mol. The summed E-state index contributed by atoms with van der Waals surface area (Å²) in [5, 5.41) is 2.99. The van der Waals surface area contributed by atoms with Crippen LogP contribution in [0.15, 0.2) is 42.6 Å². The summed E-state index contributed by atoms with van der Waals surface area (Å²) >= 11 is 0. The van der Waals surface area contributed by atoms with Crippen LogP contribution in [0, 0.1) is 0 Å². The minimum absolute atomic E-state index is 0.273. The summed E-state index contributed by atoms with van der Waals surface area (Å²) in [5.41, 5.74) is 1.30. The van der Waals surface area contributed by atoms with E-state index in [1.54, 1.807) is 18.3 Å². The van der Waals surface area contributed by atoms with Crippen LogP contribution in [0.1, 0.15) is 5.56 Å². The molecule has 0 unspecified atom stereocenters. The Morgan fingerprint density at radius 1 is 1.19 bits per heavy atom. The van der Waals surface area contributed by atoms with Crippen LogP contribution in [0.5, 0.6) is 11.6 Å². The Balaban J connectivity index is 2.05. The molecular formula is C14H13F3N2O2. The van der Waals surface area contributed by atoms with E-state index < -0.39 is 6.36 Å². The lowest BCUT2D eigenvalue weighted by Gasteiger charge is -2.12. The number of aromatic nitrogens is 1. The Kier molecular flexibility index (Phi) is 4.52. The van der Waals surface area contributed by atoms with Crippen LogP contribution in [0.2, 0.25) is 0 Å². The van der Waals surface area contributed by atoms with Crippen molar-refractivity contribution in [3.05, 3.63) is 48.2 Å². The van der Waals surface area contributed by atoms with E-state index in [0.717, 1.165) is 5.56 Å². The predicted molar refractivity (Wildman–Crippen MR) is 71.2 cm³/mol. The molecule has 0 spiro atoms. The zero-order chi connectivity index (χ0) is 15.3. The van der Waals surface area contributed by atoms with Gasteiger partial charge in [-0.15, -0.1) is 13.2 Å². The molecule has 0 aliphatic carbocycles. The van der Waals surface area contributed by atoms with Gasteiger partial charge in [-0.3, -0.25) is 0 Å². The largest absolute Gasteiger partial charge is 0.573 e. The highest BCUT2D eigenvalue weighted by Crippen LogP contribution is 2.25. The lowest BCUT2D eigenvalue weighted by Crippen LogP contribution is -2.17. The van der Waals surface area contributed by atoms with E-state index in [4.69, 9.17) is 4.74 Å². The van der Waals surface area contributed by atoms with Gasteiger partial charge in [0, 0.05) is 30.1 Å². The molecule has 0 radical (unpaired) electrons. The fourth-order valence-corrected chi connectivity index (χ4v) is 1.74. The molecule has 2 aromatic rings. The molecule has 2 rings (SSSR count). The van der Waals surface area contributed by atoms with Gasteiger partial charge in [0.2, 0.25) is 5.88 Å². The van der Waals surface area contributed by atoms with Crippen molar-refractivity contribution in [3.8, 4) is 11.6 Å². The minimum atomic E-state index is -4.70. The van der Waals surface area contributed by atoms with Crippen LogP contribution in [-0.2, 0) is 6.54 Å². The maximum atomic E-state index is 12.2. The van der Waals surface area contributed by atoms with Crippen molar-refractivity contribution in [1.82, 2.24) is 4.98 Å². The zero-order valence-electron chi connectivity index (χ0n) is 11.1. The van der Waals surface area contributed by atoms with Crippen molar-refractivity contribution in [2.24, 2.45) is 0 Å². The Bertz CT molecular complexity index is 603. The summed E-state index contributed by atoms with van der Waals surface area (Å²) in [4.78, 5) is 4.04. The van der Waals surface area contributed by atoms with Crippen LogP contribution < -0.4 is 14.8 Å². The van der Waals surface area contributed by atoms with Crippen molar-refractivity contribution in [3.63, 3.8) is 0 Å². The summed E-state index contributed by atoms with van der Waals surface area (Å²) in [6.07, 6.45) is -3.11. The molecule has 1 heterocycles. The summed E-state index contributed by atoms with van der Waals surface area (Å²) in [7, 11) is 1.50. The second-order valence-corrected chi connectivity index (χ2v) is 4.10. The Morgan fingerprint density at radius 2 is 2.00 bits per heavy atom. The van der Waals surface area contributed by atoms with E-state index in [1.165, 1.54) is 25.3 Å². The van der Waals surface area contributed by atoms with Crippen LogP contribution in [0.25, 0.3) is 0 Å². The van der Waals surface area contributed by atoms with Gasteiger partial charge in [0.25, 0.3) is 0 Å². The van der Waals surface area contributed by atoms with Crippen LogP contribution in [0.3, 0.4) is 0 Å². The Labute approximate surface area is 119 Å². The molecule has 1 N–H and O–H groups in total. The zero-order valence-corrected chi connectivity index (χ0v) is 11.1. The lowest BCUT2D eigenvalue weighted by molar-refractivity contribution is -0.274. The summed E-state index contributed by atoms with van der Waals surface area (Å²) < 4.78 is 45.4. The van der Waals surface area contributed by atoms with E-state index in [-0.39, 0.29) is 5.75 Å². The van der Waals surface area contributed by atoms with Crippen molar-refractivity contribution < 1.29 is 22.6 Å². The molecule has 0 saturated carbocycles. The van der Waals surface area contributed by atoms with Gasteiger partial charge in [-0.1, -0.05) is 12.1 Å². The highest BCUT2D eigenvalue weighted by Gasteiger charge is 2.31.